The van der Waals surface area contributed by atoms with Crippen LogP contribution < -0.4 is 5.32 Å². The SMILES string of the molecule is O=C(Cc1c(F)cccc1Cl)NC1CCCCC1n1cc(C(=O)N2CCCC2)nn1. The molecule has 30 heavy (non-hydrogen) atoms. The minimum absolute atomic E-state index is 0.0913. The van der Waals surface area contributed by atoms with Crippen molar-refractivity contribution >= 4 is 23.4 Å². The average molecular weight is 434 g/mol. The first-order valence-corrected chi connectivity index (χ1v) is 10.8. The van der Waals surface area contributed by atoms with Crippen molar-refractivity contribution in [2.75, 3.05) is 13.1 Å². The maximum atomic E-state index is 14.0. The molecule has 2 unspecified atom stereocenters. The lowest BCUT2D eigenvalue weighted by atomic mass is 9.90. The Morgan fingerprint density at radius 3 is 2.70 bits per heavy atom. The van der Waals surface area contributed by atoms with Crippen LogP contribution in [0.15, 0.2) is 24.4 Å². The van der Waals surface area contributed by atoms with Gasteiger partial charge in [0.2, 0.25) is 5.91 Å². The van der Waals surface area contributed by atoms with Crippen LogP contribution in [0.4, 0.5) is 4.39 Å². The highest BCUT2D eigenvalue weighted by Gasteiger charge is 2.30. The van der Waals surface area contributed by atoms with Gasteiger partial charge in [0.1, 0.15) is 5.82 Å². The molecule has 2 heterocycles. The highest BCUT2D eigenvalue weighted by molar-refractivity contribution is 6.31. The second-order valence-electron chi connectivity index (χ2n) is 7.99. The molecule has 1 saturated heterocycles. The fourth-order valence-corrected chi connectivity index (χ4v) is 4.56. The minimum Gasteiger partial charge on any atom is -0.351 e. The van der Waals surface area contributed by atoms with E-state index in [9.17, 15) is 14.0 Å². The molecule has 2 aromatic rings. The van der Waals surface area contributed by atoms with Crippen LogP contribution in [-0.2, 0) is 11.2 Å². The summed E-state index contributed by atoms with van der Waals surface area (Å²) in [4.78, 5) is 27.0. The van der Waals surface area contributed by atoms with Gasteiger partial charge < -0.3 is 10.2 Å². The second kappa shape index (κ2) is 9.12. The summed E-state index contributed by atoms with van der Waals surface area (Å²) in [6, 6.07) is 4.14. The molecular formula is C21H25ClFN5O2. The number of hydrogen-bond donors (Lipinski definition) is 1. The summed E-state index contributed by atoms with van der Waals surface area (Å²) in [5.41, 5.74) is 0.536. The number of aromatic nitrogens is 3. The van der Waals surface area contributed by atoms with Gasteiger partial charge in [-0.2, -0.15) is 0 Å². The lowest BCUT2D eigenvalue weighted by molar-refractivity contribution is -0.121. The Labute approximate surface area is 179 Å². The van der Waals surface area contributed by atoms with E-state index in [4.69, 9.17) is 11.6 Å². The summed E-state index contributed by atoms with van der Waals surface area (Å²) in [5, 5.41) is 11.5. The Morgan fingerprint density at radius 2 is 1.93 bits per heavy atom. The molecule has 2 fully saturated rings. The van der Waals surface area contributed by atoms with Crippen molar-refractivity contribution in [3.8, 4) is 0 Å². The molecule has 7 nitrogen and oxygen atoms in total. The molecule has 2 aliphatic rings. The number of nitrogens with zero attached hydrogens (tertiary/aromatic N) is 4. The van der Waals surface area contributed by atoms with Crippen LogP contribution in [0.3, 0.4) is 0 Å². The monoisotopic (exact) mass is 433 g/mol. The lowest BCUT2D eigenvalue weighted by Crippen LogP contribution is -2.44. The zero-order chi connectivity index (χ0) is 21.1. The number of nitrogens with one attached hydrogen (secondary N) is 1. The number of benzene rings is 1. The quantitative estimate of drug-likeness (QED) is 0.785. The third kappa shape index (κ3) is 4.48. The molecule has 1 aliphatic heterocycles. The summed E-state index contributed by atoms with van der Waals surface area (Å²) in [6.07, 6.45) is 7.20. The van der Waals surface area contributed by atoms with E-state index in [-0.39, 0.29) is 40.9 Å². The summed E-state index contributed by atoms with van der Waals surface area (Å²) >= 11 is 6.05. The Kier molecular flexibility index (Phi) is 6.32. The van der Waals surface area contributed by atoms with E-state index in [0.29, 0.717) is 5.69 Å². The van der Waals surface area contributed by atoms with E-state index < -0.39 is 5.82 Å². The smallest absolute Gasteiger partial charge is 0.276 e. The molecule has 0 bridgehead atoms. The van der Waals surface area contributed by atoms with Gasteiger partial charge in [0.25, 0.3) is 5.91 Å². The summed E-state index contributed by atoms with van der Waals surface area (Å²) < 4.78 is 15.7. The second-order valence-corrected chi connectivity index (χ2v) is 8.39. The van der Waals surface area contributed by atoms with E-state index in [2.05, 4.69) is 15.6 Å². The molecule has 2 amide bonds. The molecule has 2 atom stereocenters. The standard InChI is InChI=1S/C21H25ClFN5O2/c22-15-6-5-7-16(23)14(15)12-20(29)24-17-8-1-2-9-19(17)28-13-18(25-26-28)21(30)27-10-3-4-11-27/h5-7,13,17,19H,1-4,8-12H2,(H,24,29). The van der Waals surface area contributed by atoms with Crippen molar-refractivity contribution in [3.05, 3.63) is 46.5 Å². The van der Waals surface area contributed by atoms with E-state index >= 15 is 0 Å². The van der Waals surface area contributed by atoms with Gasteiger partial charge in [-0.05, 0) is 37.8 Å². The molecule has 1 aliphatic carbocycles. The lowest BCUT2D eigenvalue weighted by Gasteiger charge is -2.32. The molecule has 1 saturated carbocycles. The van der Waals surface area contributed by atoms with Crippen molar-refractivity contribution in [2.45, 2.75) is 57.0 Å². The third-order valence-electron chi connectivity index (χ3n) is 5.94. The van der Waals surface area contributed by atoms with Gasteiger partial charge in [0, 0.05) is 23.7 Å². The first kappa shape index (κ1) is 20.8. The predicted octanol–water partition coefficient (Wildman–Crippen LogP) is 3.15. The van der Waals surface area contributed by atoms with Crippen molar-refractivity contribution in [1.82, 2.24) is 25.2 Å². The molecule has 4 rings (SSSR count). The number of likely N-dealkylation sites (tertiary alicyclic amines) is 1. The maximum absolute atomic E-state index is 14.0. The largest absolute Gasteiger partial charge is 0.351 e. The fraction of sp³-hybridized carbons (Fsp3) is 0.524. The van der Waals surface area contributed by atoms with E-state index in [1.807, 2.05) is 0 Å². The molecular weight excluding hydrogens is 409 g/mol. The third-order valence-corrected chi connectivity index (χ3v) is 6.29. The predicted molar refractivity (Wildman–Crippen MR) is 110 cm³/mol. The fourth-order valence-electron chi connectivity index (χ4n) is 4.33. The summed E-state index contributed by atoms with van der Waals surface area (Å²) in [6.45, 7) is 1.51. The van der Waals surface area contributed by atoms with Crippen LogP contribution in [-0.4, -0.2) is 50.8 Å². The van der Waals surface area contributed by atoms with Gasteiger partial charge in [-0.25, -0.2) is 9.07 Å². The Morgan fingerprint density at radius 1 is 1.17 bits per heavy atom. The maximum Gasteiger partial charge on any atom is 0.276 e. The van der Waals surface area contributed by atoms with Gasteiger partial charge in [-0.15, -0.1) is 5.10 Å². The zero-order valence-corrected chi connectivity index (χ0v) is 17.4. The number of rotatable bonds is 5. The Hall–Kier alpha value is -2.48. The van der Waals surface area contributed by atoms with Crippen molar-refractivity contribution in [1.29, 1.82) is 0 Å². The normalized spacial score (nSPS) is 21.6. The summed E-state index contributed by atoms with van der Waals surface area (Å²) in [5.74, 6) is -0.865. The minimum atomic E-state index is -0.487. The van der Waals surface area contributed by atoms with Crippen LogP contribution in [0.1, 0.15) is 60.6 Å². The van der Waals surface area contributed by atoms with E-state index in [0.717, 1.165) is 51.6 Å². The molecule has 0 spiro atoms. The van der Waals surface area contributed by atoms with Crippen LogP contribution >= 0.6 is 11.6 Å². The van der Waals surface area contributed by atoms with Crippen molar-refractivity contribution in [2.24, 2.45) is 0 Å². The number of hydrogen-bond acceptors (Lipinski definition) is 4. The molecule has 1 aromatic heterocycles. The van der Waals surface area contributed by atoms with Crippen LogP contribution in [0.5, 0.6) is 0 Å². The van der Waals surface area contributed by atoms with Gasteiger partial charge in [0.15, 0.2) is 5.69 Å². The number of carbonyl (C=O) groups excluding carboxylic acids is 2. The molecule has 1 aromatic carbocycles. The van der Waals surface area contributed by atoms with E-state index in [1.165, 1.54) is 12.1 Å². The van der Waals surface area contributed by atoms with Gasteiger partial charge in [-0.3, -0.25) is 9.59 Å². The topological polar surface area (TPSA) is 80.1 Å². The highest BCUT2D eigenvalue weighted by Crippen LogP contribution is 2.29. The van der Waals surface area contributed by atoms with Crippen LogP contribution in [0.25, 0.3) is 0 Å². The number of amides is 2. The van der Waals surface area contributed by atoms with Crippen LogP contribution in [0.2, 0.25) is 5.02 Å². The molecule has 0 radical (unpaired) electrons. The highest BCUT2D eigenvalue weighted by atomic mass is 35.5. The zero-order valence-electron chi connectivity index (χ0n) is 16.7. The van der Waals surface area contributed by atoms with Gasteiger partial charge in [-0.1, -0.05) is 35.7 Å². The molecule has 1 N–H and O–H groups in total. The van der Waals surface area contributed by atoms with Crippen molar-refractivity contribution < 1.29 is 14.0 Å². The summed E-state index contributed by atoms with van der Waals surface area (Å²) in [7, 11) is 0. The molecule has 160 valence electrons. The first-order valence-electron chi connectivity index (χ1n) is 10.5. The Balaban J connectivity index is 1.44. The first-order chi connectivity index (χ1) is 14.5. The number of halogens is 2. The van der Waals surface area contributed by atoms with Gasteiger partial charge in [0.05, 0.1) is 24.7 Å². The molecule has 9 heteroatoms. The van der Waals surface area contributed by atoms with E-state index in [1.54, 1.807) is 21.8 Å². The van der Waals surface area contributed by atoms with Gasteiger partial charge >= 0.3 is 0 Å². The van der Waals surface area contributed by atoms with Crippen LogP contribution in [0, 0.1) is 5.82 Å². The van der Waals surface area contributed by atoms with Crippen molar-refractivity contribution in [3.63, 3.8) is 0 Å². The number of carbonyl (C=O) groups is 2. The Bertz CT molecular complexity index is 908. The average Bonchev–Trinajstić information content (AvgIpc) is 3.43.